The van der Waals surface area contributed by atoms with E-state index in [1.165, 1.54) is 10.4 Å². The van der Waals surface area contributed by atoms with Gasteiger partial charge in [0.15, 0.2) is 0 Å². The number of carbonyl (C=O) groups is 1. The predicted molar refractivity (Wildman–Crippen MR) is 104 cm³/mol. The maximum absolute atomic E-state index is 12.8. The molecule has 0 N–H and O–H groups in total. The van der Waals surface area contributed by atoms with Gasteiger partial charge in [-0.1, -0.05) is 26.0 Å². The van der Waals surface area contributed by atoms with Gasteiger partial charge >= 0.3 is 0 Å². The Morgan fingerprint density at radius 3 is 2.30 bits per heavy atom. The smallest absolute Gasteiger partial charge is 0.246 e. The minimum absolute atomic E-state index is 0.148. The van der Waals surface area contributed by atoms with Crippen molar-refractivity contribution < 1.29 is 17.6 Å². The molecule has 2 aromatic rings. The Morgan fingerprint density at radius 2 is 1.74 bits per heavy atom. The highest BCUT2D eigenvalue weighted by molar-refractivity contribution is 7.89. The molecule has 0 radical (unpaired) electrons. The SMILES string of the molecule is CC(C)c1ccc(S(=O)(=O)N2CCN(C(=O)C=Cc3ccco3)CC2)cc1. The lowest BCUT2D eigenvalue weighted by Crippen LogP contribution is -2.50. The molecular formula is C20H24N2O4S. The second-order valence-electron chi connectivity index (χ2n) is 6.80. The van der Waals surface area contributed by atoms with Crippen molar-refractivity contribution >= 4 is 22.0 Å². The van der Waals surface area contributed by atoms with Crippen LogP contribution in [0.2, 0.25) is 0 Å². The van der Waals surface area contributed by atoms with Crippen LogP contribution in [0.25, 0.3) is 6.08 Å². The molecule has 2 heterocycles. The average molecular weight is 388 g/mol. The van der Waals surface area contributed by atoms with E-state index < -0.39 is 10.0 Å². The maximum atomic E-state index is 12.8. The van der Waals surface area contributed by atoms with E-state index in [0.29, 0.717) is 29.7 Å². The number of nitrogens with zero attached hydrogens (tertiary/aromatic N) is 2. The zero-order valence-corrected chi connectivity index (χ0v) is 16.4. The van der Waals surface area contributed by atoms with E-state index in [1.54, 1.807) is 41.5 Å². The van der Waals surface area contributed by atoms with Gasteiger partial charge < -0.3 is 9.32 Å². The fraction of sp³-hybridized carbons (Fsp3) is 0.350. The first kappa shape index (κ1) is 19.4. The molecule has 1 aliphatic rings. The van der Waals surface area contributed by atoms with Crippen LogP contribution in [-0.4, -0.2) is 49.7 Å². The van der Waals surface area contributed by atoms with Gasteiger partial charge in [-0.05, 0) is 41.8 Å². The Balaban J connectivity index is 1.61. The Kier molecular flexibility index (Phi) is 5.82. The molecule has 144 valence electrons. The first-order chi connectivity index (χ1) is 12.9. The molecule has 27 heavy (non-hydrogen) atoms. The monoisotopic (exact) mass is 388 g/mol. The van der Waals surface area contributed by atoms with Gasteiger partial charge in [-0.2, -0.15) is 4.31 Å². The highest BCUT2D eigenvalue weighted by Crippen LogP contribution is 2.21. The van der Waals surface area contributed by atoms with Crippen molar-refractivity contribution in [2.75, 3.05) is 26.2 Å². The van der Waals surface area contributed by atoms with E-state index in [9.17, 15) is 13.2 Å². The summed E-state index contributed by atoms with van der Waals surface area (Å²) < 4.78 is 32.2. The van der Waals surface area contributed by atoms with E-state index in [2.05, 4.69) is 13.8 Å². The summed E-state index contributed by atoms with van der Waals surface area (Å²) in [6.45, 7) is 5.44. The lowest BCUT2D eigenvalue weighted by molar-refractivity contribution is -0.127. The van der Waals surface area contributed by atoms with Crippen LogP contribution in [0.1, 0.15) is 31.1 Å². The van der Waals surface area contributed by atoms with Gasteiger partial charge in [0.2, 0.25) is 15.9 Å². The van der Waals surface area contributed by atoms with Gasteiger partial charge in [0.25, 0.3) is 0 Å². The summed E-state index contributed by atoms with van der Waals surface area (Å²) in [5.74, 6) is 0.810. The van der Waals surface area contributed by atoms with Gasteiger partial charge in [0.1, 0.15) is 5.76 Å². The van der Waals surface area contributed by atoms with Crippen molar-refractivity contribution in [3.8, 4) is 0 Å². The number of amides is 1. The van der Waals surface area contributed by atoms with Crippen LogP contribution in [0.3, 0.4) is 0 Å². The molecule has 1 amide bonds. The van der Waals surface area contributed by atoms with E-state index in [0.717, 1.165) is 5.56 Å². The first-order valence-electron chi connectivity index (χ1n) is 8.98. The second kappa shape index (κ2) is 8.10. The Labute approximate surface area is 160 Å². The zero-order valence-electron chi connectivity index (χ0n) is 15.5. The lowest BCUT2D eigenvalue weighted by atomic mass is 10.0. The summed E-state index contributed by atoms with van der Waals surface area (Å²) in [7, 11) is -3.54. The molecule has 0 saturated carbocycles. The van der Waals surface area contributed by atoms with Crippen LogP contribution in [-0.2, 0) is 14.8 Å². The predicted octanol–water partition coefficient (Wildman–Crippen LogP) is 2.95. The third kappa shape index (κ3) is 4.48. The number of piperazine rings is 1. The minimum Gasteiger partial charge on any atom is -0.465 e. The number of benzene rings is 1. The van der Waals surface area contributed by atoms with Crippen LogP contribution in [0.15, 0.2) is 58.1 Å². The Bertz CT molecular complexity index is 892. The number of rotatable bonds is 5. The molecule has 1 aromatic carbocycles. The summed E-state index contributed by atoms with van der Waals surface area (Å²) >= 11 is 0. The number of carbonyl (C=O) groups excluding carboxylic acids is 1. The first-order valence-corrected chi connectivity index (χ1v) is 10.4. The molecule has 0 atom stereocenters. The van der Waals surface area contributed by atoms with Crippen LogP contribution >= 0.6 is 0 Å². The third-order valence-corrected chi connectivity index (χ3v) is 6.58. The van der Waals surface area contributed by atoms with Gasteiger partial charge in [-0.15, -0.1) is 0 Å². The number of hydrogen-bond donors (Lipinski definition) is 0. The molecule has 0 spiro atoms. The van der Waals surface area contributed by atoms with Crippen LogP contribution < -0.4 is 0 Å². The zero-order chi connectivity index (χ0) is 19.4. The van der Waals surface area contributed by atoms with Crippen molar-refractivity contribution in [3.63, 3.8) is 0 Å². The standard InChI is InChI=1S/C20H24N2O4S/c1-16(2)17-5-8-19(9-6-17)27(24,25)22-13-11-21(12-14-22)20(23)10-7-18-4-3-15-26-18/h3-10,15-16H,11-14H2,1-2H3. The van der Waals surface area contributed by atoms with E-state index >= 15 is 0 Å². The van der Waals surface area contributed by atoms with Crippen molar-refractivity contribution in [1.82, 2.24) is 9.21 Å². The summed E-state index contributed by atoms with van der Waals surface area (Å²) in [5, 5.41) is 0. The van der Waals surface area contributed by atoms with Gasteiger partial charge in [-0.25, -0.2) is 8.42 Å². The molecule has 1 aliphatic heterocycles. The Morgan fingerprint density at radius 1 is 1.07 bits per heavy atom. The summed E-state index contributed by atoms with van der Waals surface area (Å²) in [6.07, 6.45) is 4.61. The topological polar surface area (TPSA) is 70.8 Å². The van der Waals surface area contributed by atoms with Crippen LogP contribution in [0, 0.1) is 0 Å². The van der Waals surface area contributed by atoms with Crippen molar-refractivity contribution in [2.24, 2.45) is 0 Å². The van der Waals surface area contributed by atoms with Gasteiger partial charge in [0, 0.05) is 32.3 Å². The van der Waals surface area contributed by atoms with Crippen molar-refractivity contribution in [1.29, 1.82) is 0 Å². The van der Waals surface area contributed by atoms with Gasteiger partial charge in [0.05, 0.1) is 11.2 Å². The van der Waals surface area contributed by atoms with Crippen LogP contribution in [0.4, 0.5) is 0 Å². The molecule has 3 rings (SSSR count). The average Bonchev–Trinajstić information content (AvgIpc) is 3.20. The molecule has 7 heteroatoms. The molecule has 6 nitrogen and oxygen atoms in total. The quantitative estimate of drug-likeness (QED) is 0.739. The fourth-order valence-corrected chi connectivity index (χ4v) is 4.39. The largest absolute Gasteiger partial charge is 0.465 e. The highest BCUT2D eigenvalue weighted by atomic mass is 32.2. The minimum atomic E-state index is -3.54. The van der Waals surface area contributed by atoms with E-state index in [4.69, 9.17) is 4.42 Å². The molecular weight excluding hydrogens is 364 g/mol. The number of furan rings is 1. The van der Waals surface area contributed by atoms with Crippen molar-refractivity contribution in [2.45, 2.75) is 24.7 Å². The summed E-state index contributed by atoms with van der Waals surface area (Å²) in [4.78, 5) is 14.2. The molecule has 1 fully saturated rings. The summed E-state index contributed by atoms with van der Waals surface area (Å²) in [5.41, 5.74) is 1.10. The fourth-order valence-electron chi connectivity index (χ4n) is 2.97. The Hall–Kier alpha value is -2.38. The summed E-state index contributed by atoms with van der Waals surface area (Å²) in [6, 6.07) is 10.6. The highest BCUT2D eigenvalue weighted by Gasteiger charge is 2.29. The van der Waals surface area contributed by atoms with E-state index in [-0.39, 0.29) is 19.0 Å². The second-order valence-corrected chi connectivity index (χ2v) is 8.74. The maximum Gasteiger partial charge on any atom is 0.246 e. The third-order valence-electron chi connectivity index (χ3n) is 4.67. The van der Waals surface area contributed by atoms with Crippen LogP contribution in [0.5, 0.6) is 0 Å². The molecule has 1 aromatic heterocycles. The normalized spacial score (nSPS) is 16.3. The molecule has 1 saturated heterocycles. The molecule has 0 aliphatic carbocycles. The van der Waals surface area contributed by atoms with E-state index in [1.807, 2.05) is 12.1 Å². The number of hydrogen-bond acceptors (Lipinski definition) is 4. The van der Waals surface area contributed by atoms with Crippen molar-refractivity contribution in [3.05, 3.63) is 60.1 Å². The lowest BCUT2D eigenvalue weighted by Gasteiger charge is -2.33. The number of sulfonamides is 1. The molecule has 0 unspecified atom stereocenters. The molecule has 0 bridgehead atoms. The van der Waals surface area contributed by atoms with Gasteiger partial charge in [-0.3, -0.25) is 4.79 Å².